The summed E-state index contributed by atoms with van der Waals surface area (Å²) >= 11 is 0. The van der Waals surface area contributed by atoms with E-state index < -0.39 is 0 Å². The van der Waals surface area contributed by atoms with Crippen molar-refractivity contribution in [2.75, 3.05) is 18.5 Å². The lowest BCUT2D eigenvalue weighted by molar-refractivity contribution is -0.384. The number of non-ortho nitro benzene ring substituents is 1. The molecular weight excluding hydrogens is 208 g/mol. The van der Waals surface area contributed by atoms with Crippen LogP contribution in [0.3, 0.4) is 0 Å². The molecule has 0 aromatic heterocycles. The summed E-state index contributed by atoms with van der Waals surface area (Å²) in [5, 5.41) is 13.9. The van der Waals surface area contributed by atoms with Crippen LogP contribution in [0.1, 0.15) is 12.0 Å². The molecule has 5 heteroatoms. The molecule has 1 aliphatic heterocycles. The second kappa shape index (κ2) is 4.49. The van der Waals surface area contributed by atoms with E-state index in [1.807, 2.05) is 6.92 Å². The van der Waals surface area contributed by atoms with Crippen LogP contribution in [-0.4, -0.2) is 24.2 Å². The highest BCUT2D eigenvalue weighted by Gasteiger charge is 2.17. The number of anilines is 1. The fourth-order valence-corrected chi connectivity index (χ4v) is 1.75. The van der Waals surface area contributed by atoms with Gasteiger partial charge in [0.25, 0.3) is 5.69 Å². The number of hydrogen-bond acceptors (Lipinski definition) is 4. The quantitative estimate of drug-likeness (QED) is 0.628. The lowest BCUT2D eigenvalue weighted by Gasteiger charge is -2.14. The maximum Gasteiger partial charge on any atom is 0.271 e. The van der Waals surface area contributed by atoms with Crippen LogP contribution in [0.5, 0.6) is 0 Å². The molecule has 0 radical (unpaired) electrons. The Labute approximate surface area is 93.6 Å². The smallest absolute Gasteiger partial charge is 0.271 e. The van der Waals surface area contributed by atoms with Crippen LogP contribution < -0.4 is 5.32 Å². The van der Waals surface area contributed by atoms with E-state index in [0.29, 0.717) is 6.61 Å². The van der Waals surface area contributed by atoms with Crippen molar-refractivity contribution in [3.63, 3.8) is 0 Å². The first-order chi connectivity index (χ1) is 7.66. The highest BCUT2D eigenvalue weighted by molar-refractivity contribution is 5.57. The Morgan fingerprint density at radius 1 is 1.56 bits per heavy atom. The van der Waals surface area contributed by atoms with E-state index in [-0.39, 0.29) is 16.7 Å². The Kier molecular flexibility index (Phi) is 3.05. The van der Waals surface area contributed by atoms with Crippen molar-refractivity contribution < 1.29 is 9.66 Å². The van der Waals surface area contributed by atoms with E-state index in [0.717, 1.165) is 24.3 Å². The van der Waals surface area contributed by atoms with Crippen LogP contribution >= 0.6 is 0 Å². The molecule has 1 heterocycles. The average Bonchev–Trinajstić information content (AvgIpc) is 2.73. The van der Waals surface area contributed by atoms with Gasteiger partial charge >= 0.3 is 0 Å². The predicted molar refractivity (Wildman–Crippen MR) is 60.7 cm³/mol. The van der Waals surface area contributed by atoms with Crippen molar-refractivity contribution in [1.29, 1.82) is 0 Å². The fourth-order valence-electron chi connectivity index (χ4n) is 1.75. The van der Waals surface area contributed by atoms with Crippen LogP contribution in [0.2, 0.25) is 0 Å². The summed E-state index contributed by atoms with van der Waals surface area (Å²) in [6, 6.07) is 5.12. The highest BCUT2D eigenvalue weighted by atomic mass is 16.6. The minimum atomic E-state index is -0.379. The van der Waals surface area contributed by atoms with Crippen LogP contribution in [0, 0.1) is 17.0 Å². The Bertz CT molecular complexity index is 400. The minimum absolute atomic E-state index is 0.118. The summed E-state index contributed by atoms with van der Waals surface area (Å²) in [6.45, 7) is 3.36. The van der Waals surface area contributed by atoms with Crippen molar-refractivity contribution in [2.45, 2.75) is 19.4 Å². The van der Waals surface area contributed by atoms with E-state index in [2.05, 4.69) is 5.32 Å². The maximum atomic E-state index is 10.7. The summed E-state index contributed by atoms with van der Waals surface area (Å²) in [5.41, 5.74) is 1.95. The molecule has 16 heavy (non-hydrogen) atoms. The molecule has 0 aliphatic carbocycles. The lowest BCUT2D eigenvalue weighted by atomic mass is 10.1. The molecular formula is C11H14N2O3. The number of nitrogens with one attached hydrogen (secondary N) is 1. The normalized spacial score (nSPS) is 19.7. The van der Waals surface area contributed by atoms with Crippen LogP contribution in [-0.2, 0) is 4.74 Å². The van der Waals surface area contributed by atoms with Gasteiger partial charge in [0.1, 0.15) is 0 Å². The number of rotatable bonds is 3. The summed E-state index contributed by atoms with van der Waals surface area (Å²) in [6.07, 6.45) is 0.947. The first kappa shape index (κ1) is 10.9. The van der Waals surface area contributed by atoms with Gasteiger partial charge in [-0.3, -0.25) is 10.1 Å². The van der Waals surface area contributed by atoms with E-state index >= 15 is 0 Å². The maximum absolute atomic E-state index is 10.7. The third kappa shape index (κ3) is 2.30. The van der Waals surface area contributed by atoms with Gasteiger partial charge in [-0.05, 0) is 18.9 Å². The van der Waals surface area contributed by atoms with E-state index in [1.54, 1.807) is 12.1 Å². The van der Waals surface area contributed by atoms with Crippen molar-refractivity contribution in [1.82, 2.24) is 0 Å². The first-order valence-corrected chi connectivity index (χ1v) is 5.26. The number of nitrogens with zero attached hydrogens (tertiary/aromatic N) is 1. The zero-order valence-electron chi connectivity index (χ0n) is 9.10. The van der Waals surface area contributed by atoms with Gasteiger partial charge < -0.3 is 10.1 Å². The SMILES string of the molecule is Cc1ccc([N+](=O)[O-])cc1NC1CCOC1. The van der Waals surface area contributed by atoms with Crippen LogP contribution in [0.4, 0.5) is 11.4 Å². The van der Waals surface area contributed by atoms with Crippen molar-refractivity contribution in [2.24, 2.45) is 0 Å². The number of hydrogen-bond donors (Lipinski definition) is 1. The molecule has 1 aliphatic rings. The number of ether oxygens (including phenoxy) is 1. The summed E-state index contributed by atoms with van der Waals surface area (Å²) in [5.74, 6) is 0. The van der Waals surface area contributed by atoms with Crippen molar-refractivity contribution in [3.05, 3.63) is 33.9 Å². The Morgan fingerprint density at radius 3 is 3.00 bits per heavy atom. The molecule has 0 amide bonds. The molecule has 1 aromatic carbocycles. The molecule has 5 nitrogen and oxygen atoms in total. The van der Waals surface area contributed by atoms with Gasteiger partial charge in [0.15, 0.2) is 0 Å². The average molecular weight is 222 g/mol. The summed E-state index contributed by atoms with van der Waals surface area (Å²) in [4.78, 5) is 10.3. The zero-order valence-corrected chi connectivity index (χ0v) is 9.10. The van der Waals surface area contributed by atoms with Gasteiger partial charge in [-0.15, -0.1) is 0 Å². The summed E-state index contributed by atoms with van der Waals surface area (Å²) < 4.78 is 5.25. The molecule has 0 spiro atoms. The number of nitro benzene ring substituents is 1. The predicted octanol–water partition coefficient (Wildman–Crippen LogP) is 2.10. The van der Waals surface area contributed by atoms with Gasteiger partial charge in [0.2, 0.25) is 0 Å². The monoisotopic (exact) mass is 222 g/mol. The second-order valence-electron chi connectivity index (χ2n) is 3.96. The molecule has 1 fully saturated rings. The van der Waals surface area contributed by atoms with Gasteiger partial charge in [0, 0.05) is 24.4 Å². The number of aryl methyl sites for hydroxylation is 1. The topological polar surface area (TPSA) is 64.4 Å². The Balaban J connectivity index is 2.17. The van der Waals surface area contributed by atoms with Gasteiger partial charge in [-0.2, -0.15) is 0 Å². The molecule has 0 bridgehead atoms. The molecule has 86 valence electrons. The molecule has 1 saturated heterocycles. The van der Waals surface area contributed by atoms with Crippen molar-refractivity contribution >= 4 is 11.4 Å². The molecule has 1 aromatic rings. The van der Waals surface area contributed by atoms with E-state index in [1.165, 1.54) is 6.07 Å². The van der Waals surface area contributed by atoms with E-state index in [9.17, 15) is 10.1 Å². The summed E-state index contributed by atoms with van der Waals surface area (Å²) in [7, 11) is 0. The van der Waals surface area contributed by atoms with Crippen molar-refractivity contribution in [3.8, 4) is 0 Å². The Hall–Kier alpha value is -1.62. The number of nitro groups is 1. The zero-order chi connectivity index (χ0) is 11.5. The molecule has 1 atom stereocenters. The molecule has 1 unspecified atom stereocenters. The lowest BCUT2D eigenvalue weighted by Crippen LogP contribution is -2.19. The molecule has 1 N–H and O–H groups in total. The number of benzene rings is 1. The molecule has 0 saturated carbocycles. The van der Waals surface area contributed by atoms with Crippen LogP contribution in [0.25, 0.3) is 0 Å². The largest absolute Gasteiger partial charge is 0.379 e. The van der Waals surface area contributed by atoms with Gasteiger partial charge in [-0.25, -0.2) is 0 Å². The fraction of sp³-hybridized carbons (Fsp3) is 0.455. The minimum Gasteiger partial charge on any atom is -0.379 e. The van der Waals surface area contributed by atoms with E-state index in [4.69, 9.17) is 4.74 Å². The molecule has 2 rings (SSSR count). The first-order valence-electron chi connectivity index (χ1n) is 5.26. The van der Waals surface area contributed by atoms with Gasteiger partial charge in [-0.1, -0.05) is 6.07 Å². The van der Waals surface area contributed by atoms with Crippen LogP contribution in [0.15, 0.2) is 18.2 Å². The third-order valence-corrected chi connectivity index (χ3v) is 2.72. The van der Waals surface area contributed by atoms with Gasteiger partial charge in [0.05, 0.1) is 17.6 Å². The standard InChI is InChI=1S/C11H14N2O3/c1-8-2-3-10(13(14)15)6-11(8)12-9-4-5-16-7-9/h2-3,6,9,12H,4-5,7H2,1H3. The Morgan fingerprint density at radius 2 is 2.38 bits per heavy atom. The second-order valence-corrected chi connectivity index (χ2v) is 3.96. The highest BCUT2D eigenvalue weighted by Crippen LogP contribution is 2.23. The third-order valence-electron chi connectivity index (χ3n) is 2.72.